The number of benzene rings is 1. The molecule has 6 nitrogen and oxygen atoms in total. The highest BCUT2D eigenvalue weighted by molar-refractivity contribution is 6.31. The largest absolute Gasteiger partial charge is 0.355 e. The van der Waals surface area contributed by atoms with Crippen LogP contribution in [0.1, 0.15) is 37.7 Å². The Labute approximate surface area is 147 Å². The van der Waals surface area contributed by atoms with Gasteiger partial charge in [0.25, 0.3) is 5.69 Å². The van der Waals surface area contributed by atoms with Crippen LogP contribution in [0.4, 0.5) is 5.69 Å². The minimum atomic E-state index is -0.448. The molecule has 0 unspecified atom stereocenters. The molecule has 7 heteroatoms. The lowest BCUT2D eigenvalue weighted by molar-refractivity contribution is -0.384. The number of nitrogens with zero attached hydrogens (tertiary/aromatic N) is 2. The topological polar surface area (TPSA) is 75.5 Å². The number of amides is 1. The predicted molar refractivity (Wildman–Crippen MR) is 94.0 cm³/mol. The first-order valence-electron chi connectivity index (χ1n) is 8.33. The summed E-state index contributed by atoms with van der Waals surface area (Å²) in [4.78, 5) is 24.3. The monoisotopic (exact) mass is 353 g/mol. The maximum absolute atomic E-state index is 12.1. The molecule has 1 aromatic carbocycles. The summed E-state index contributed by atoms with van der Waals surface area (Å²) < 4.78 is 0. The second-order valence-corrected chi connectivity index (χ2v) is 6.92. The number of hydrogen-bond acceptors (Lipinski definition) is 4. The van der Waals surface area contributed by atoms with Gasteiger partial charge in [0.1, 0.15) is 0 Å². The zero-order valence-corrected chi connectivity index (χ0v) is 14.7. The molecule has 0 saturated heterocycles. The molecule has 0 aliphatic heterocycles. The summed E-state index contributed by atoms with van der Waals surface area (Å²) >= 11 is 6.09. The van der Waals surface area contributed by atoms with Crippen LogP contribution in [0, 0.1) is 16.0 Å². The van der Waals surface area contributed by atoms with Crippen LogP contribution in [-0.4, -0.2) is 35.9 Å². The van der Waals surface area contributed by atoms with E-state index in [2.05, 4.69) is 5.32 Å². The van der Waals surface area contributed by atoms with Crippen molar-refractivity contribution in [1.82, 2.24) is 10.2 Å². The van der Waals surface area contributed by atoms with E-state index < -0.39 is 4.92 Å². The van der Waals surface area contributed by atoms with E-state index in [0.717, 1.165) is 6.54 Å². The molecule has 1 aromatic rings. The van der Waals surface area contributed by atoms with Gasteiger partial charge < -0.3 is 5.32 Å². The molecule has 0 heterocycles. The van der Waals surface area contributed by atoms with E-state index in [1.54, 1.807) is 11.9 Å². The molecule has 1 amide bonds. The summed E-state index contributed by atoms with van der Waals surface area (Å²) in [5.41, 5.74) is 0.651. The highest BCUT2D eigenvalue weighted by atomic mass is 35.5. The first kappa shape index (κ1) is 18.7. The van der Waals surface area contributed by atoms with Crippen molar-refractivity contribution in [2.24, 2.45) is 5.92 Å². The molecule has 1 fully saturated rings. The maximum atomic E-state index is 12.1. The molecule has 24 heavy (non-hydrogen) atoms. The van der Waals surface area contributed by atoms with Gasteiger partial charge in [0, 0.05) is 30.2 Å². The van der Waals surface area contributed by atoms with E-state index in [-0.39, 0.29) is 18.1 Å². The van der Waals surface area contributed by atoms with Crippen molar-refractivity contribution in [3.63, 3.8) is 0 Å². The number of nitro groups is 1. The van der Waals surface area contributed by atoms with Crippen molar-refractivity contribution < 1.29 is 9.72 Å². The van der Waals surface area contributed by atoms with Crippen LogP contribution < -0.4 is 5.32 Å². The van der Waals surface area contributed by atoms with Gasteiger partial charge in [-0.1, -0.05) is 30.9 Å². The predicted octanol–water partition coefficient (Wildman–Crippen LogP) is 3.38. The lowest BCUT2D eigenvalue weighted by Gasteiger charge is -2.23. The molecule has 0 spiro atoms. The van der Waals surface area contributed by atoms with Gasteiger partial charge >= 0.3 is 0 Å². The Morgan fingerprint density at radius 3 is 2.75 bits per heavy atom. The molecular formula is C17H24ClN3O3. The van der Waals surface area contributed by atoms with E-state index in [0.29, 0.717) is 23.0 Å². The van der Waals surface area contributed by atoms with E-state index in [4.69, 9.17) is 11.6 Å². The molecule has 1 aliphatic carbocycles. The molecule has 1 N–H and O–H groups in total. The van der Waals surface area contributed by atoms with Crippen LogP contribution in [0.25, 0.3) is 0 Å². The molecule has 1 aliphatic rings. The van der Waals surface area contributed by atoms with Crippen molar-refractivity contribution >= 4 is 23.2 Å². The fraction of sp³-hybridized carbons (Fsp3) is 0.588. The first-order chi connectivity index (χ1) is 11.5. The maximum Gasteiger partial charge on any atom is 0.269 e. The Kier molecular flexibility index (Phi) is 6.99. The van der Waals surface area contributed by atoms with E-state index >= 15 is 0 Å². The molecule has 0 atom stereocenters. The van der Waals surface area contributed by atoms with E-state index in [9.17, 15) is 14.9 Å². The quantitative estimate of drug-likeness (QED) is 0.602. The Hall–Kier alpha value is -1.66. The average Bonchev–Trinajstić information content (AvgIpc) is 2.55. The molecule has 2 rings (SSSR count). The molecule has 132 valence electrons. The highest BCUT2D eigenvalue weighted by Gasteiger charge is 2.16. The number of likely N-dealkylation sites (N-methyl/N-ethyl adjacent to an activating group) is 1. The summed E-state index contributed by atoms with van der Waals surface area (Å²) in [6.07, 6.45) is 6.20. The standard InChI is InChI=1S/C17H24ClN3O3/c1-20(11-14-9-15(21(23)24)7-8-16(14)18)12-17(22)19-10-13-5-3-2-4-6-13/h7-9,13H,2-6,10-12H2,1H3,(H,19,22). The van der Waals surface area contributed by atoms with Gasteiger partial charge in [-0.05, 0) is 37.4 Å². The summed E-state index contributed by atoms with van der Waals surface area (Å²) in [5.74, 6) is 0.573. The number of non-ortho nitro benzene ring substituents is 1. The van der Waals surface area contributed by atoms with Gasteiger partial charge in [0.2, 0.25) is 5.91 Å². The molecule has 0 aromatic heterocycles. The third kappa shape index (κ3) is 5.76. The molecule has 0 radical (unpaired) electrons. The first-order valence-corrected chi connectivity index (χ1v) is 8.71. The van der Waals surface area contributed by atoms with E-state index in [1.807, 2.05) is 0 Å². The van der Waals surface area contributed by atoms with Crippen LogP contribution in [0.15, 0.2) is 18.2 Å². The van der Waals surface area contributed by atoms with Crippen LogP contribution in [0.2, 0.25) is 5.02 Å². The van der Waals surface area contributed by atoms with Crippen molar-refractivity contribution in [3.05, 3.63) is 38.9 Å². The van der Waals surface area contributed by atoms with Gasteiger partial charge in [-0.3, -0.25) is 19.8 Å². The molecule has 0 bridgehead atoms. The minimum absolute atomic E-state index is 0.00421. The van der Waals surface area contributed by atoms with Gasteiger partial charge in [-0.25, -0.2) is 0 Å². The Bertz CT molecular complexity index is 588. The summed E-state index contributed by atoms with van der Waals surface area (Å²) in [5, 5.41) is 14.3. The number of carbonyl (C=O) groups excluding carboxylic acids is 1. The number of nitro benzene ring substituents is 1. The lowest BCUT2D eigenvalue weighted by atomic mass is 9.89. The summed E-state index contributed by atoms with van der Waals surface area (Å²) in [6, 6.07) is 4.35. The zero-order chi connectivity index (χ0) is 17.5. The van der Waals surface area contributed by atoms with Crippen LogP contribution in [0.5, 0.6) is 0 Å². The Morgan fingerprint density at radius 1 is 1.38 bits per heavy atom. The van der Waals surface area contributed by atoms with Crippen molar-refractivity contribution in [3.8, 4) is 0 Å². The van der Waals surface area contributed by atoms with Crippen LogP contribution in [-0.2, 0) is 11.3 Å². The second-order valence-electron chi connectivity index (χ2n) is 6.51. The van der Waals surface area contributed by atoms with Gasteiger partial charge in [0.15, 0.2) is 0 Å². The highest BCUT2D eigenvalue weighted by Crippen LogP contribution is 2.24. The zero-order valence-electron chi connectivity index (χ0n) is 14.0. The summed E-state index contributed by atoms with van der Waals surface area (Å²) in [7, 11) is 1.80. The second kappa shape index (κ2) is 8.99. The molecular weight excluding hydrogens is 330 g/mol. The third-order valence-electron chi connectivity index (χ3n) is 4.41. The number of halogens is 1. The fourth-order valence-corrected chi connectivity index (χ4v) is 3.27. The number of hydrogen-bond donors (Lipinski definition) is 1. The van der Waals surface area contributed by atoms with Crippen LogP contribution >= 0.6 is 11.6 Å². The van der Waals surface area contributed by atoms with Crippen molar-refractivity contribution in [2.45, 2.75) is 38.6 Å². The molecule has 1 saturated carbocycles. The van der Waals surface area contributed by atoms with Gasteiger partial charge in [-0.15, -0.1) is 0 Å². The van der Waals surface area contributed by atoms with E-state index in [1.165, 1.54) is 50.3 Å². The smallest absolute Gasteiger partial charge is 0.269 e. The Morgan fingerprint density at radius 2 is 2.08 bits per heavy atom. The fourth-order valence-electron chi connectivity index (χ4n) is 3.09. The normalized spacial score (nSPS) is 15.5. The van der Waals surface area contributed by atoms with Gasteiger partial charge in [-0.2, -0.15) is 0 Å². The van der Waals surface area contributed by atoms with Crippen LogP contribution in [0.3, 0.4) is 0 Å². The number of rotatable bonds is 7. The number of nitrogens with one attached hydrogen (secondary N) is 1. The van der Waals surface area contributed by atoms with Gasteiger partial charge in [0.05, 0.1) is 11.5 Å². The van der Waals surface area contributed by atoms with Crippen molar-refractivity contribution in [2.75, 3.05) is 20.1 Å². The SMILES string of the molecule is CN(CC(=O)NCC1CCCCC1)Cc1cc([N+](=O)[O-])ccc1Cl. The van der Waals surface area contributed by atoms with Crippen molar-refractivity contribution in [1.29, 1.82) is 0 Å². The average molecular weight is 354 g/mol. The number of carbonyl (C=O) groups is 1. The Balaban J connectivity index is 1.81. The summed E-state index contributed by atoms with van der Waals surface area (Å²) in [6.45, 7) is 1.37. The minimum Gasteiger partial charge on any atom is -0.355 e. The third-order valence-corrected chi connectivity index (χ3v) is 4.78. The lowest BCUT2D eigenvalue weighted by Crippen LogP contribution is -2.37.